The number of rotatable bonds is 6. The van der Waals surface area contributed by atoms with E-state index < -0.39 is 6.10 Å². The lowest BCUT2D eigenvalue weighted by atomic mass is 9.73. The smallest absolute Gasteiger partial charge is 0.157 e. The van der Waals surface area contributed by atoms with Crippen molar-refractivity contribution in [3.8, 4) is 17.2 Å². The number of piperidine rings is 3. The van der Waals surface area contributed by atoms with E-state index in [1.165, 1.54) is 18.6 Å². The first-order chi connectivity index (χ1) is 16.9. The van der Waals surface area contributed by atoms with E-state index in [4.69, 9.17) is 20.7 Å². The lowest BCUT2D eigenvalue weighted by Crippen LogP contribution is -2.54. The summed E-state index contributed by atoms with van der Waals surface area (Å²) in [6.45, 7) is 6.61. The number of nitrogens with two attached hydrogens (primary N) is 1. The predicted molar refractivity (Wildman–Crippen MR) is 138 cm³/mol. The van der Waals surface area contributed by atoms with Gasteiger partial charge in [0.25, 0.3) is 0 Å². The molecule has 3 aliphatic rings. The SMILES string of the molecule is C=C[C@H]1C[N@]2CC[C@H]1C[C@H]2[C@H](O)c1ccnc2ccc(OC)cc12.NCCc1ccc(O)c(O)c1. The van der Waals surface area contributed by atoms with Gasteiger partial charge in [-0.15, -0.1) is 6.58 Å². The lowest BCUT2D eigenvalue weighted by Gasteiger charge is -2.50. The first-order valence-electron chi connectivity index (χ1n) is 12.1. The number of aromatic nitrogens is 1. The van der Waals surface area contributed by atoms with Crippen LogP contribution in [0.3, 0.4) is 0 Å². The molecule has 186 valence electrons. The average molecular weight is 478 g/mol. The summed E-state index contributed by atoms with van der Waals surface area (Å²) < 4.78 is 5.35. The zero-order valence-corrected chi connectivity index (χ0v) is 20.2. The van der Waals surface area contributed by atoms with Crippen LogP contribution in [0.4, 0.5) is 0 Å². The van der Waals surface area contributed by atoms with E-state index in [1.54, 1.807) is 19.4 Å². The number of phenols is 2. The molecule has 3 aliphatic heterocycles. The Labute approximate surface area is 206 Å². The molecular formula is C28H35N3O4. The Kier molecular flexibility index (Phi) is 7.90. The molecule has 0 unspecified atom stereocenters. The number of hydrogen-bond acceptors (Lipinski definition) is 7. The number of aliphatic hydroxyl groups excluding tert-OH is 1. The van der Waals surface area contributed by atoms with E-state index in [-0.39, 0.29) is 17.5 Å². The van der Waals surface area contributed by atoms with Crippen LogP contribution in [0.15, 0.2) is 61.3 Å². The summed E-state index contributed by atoms with van der Waals surface area (Å²) >= 11 is 0. The number of aromatic hydroxyl groups is 2. The van der Waals surface area contributed by atoms with Crippen molar-refractivity contribution in [3.05, 3.63) is 72.4 Å². The Morgan fingerprint density at radius 1 is 1.20 bits per heavy atom. The number of methoxy groups -OCH3 is 1. The molecule has 2 aromatic carbocycles. The molecule has 0 spiro atoms. The molecule has 35 heavy (non-hydrogen) atoms. The molecular weight excluding hydrogens is 442 g/mol. The van der Waals surface area contributed by atoms with Gasteiger partial charge in [-0.2, -0.15) is 0 Å². The molecule has 2 bridgehead atoms. The van der Waals surface area contributed by atoms with Crippen LogP contribution in [-0.4, -0.2) is 58.0 Å². The molecule has 0 radical (unpaired) electrons. The molecule has 4 heterocycles. The number of pyridine rings is 1. The van der Waals surface area contributed by atoms with Crippen molar-refractivity contribution in [3.63, 3.8) is 0 Å². The summed E-state index contributed by atoms with van der Waals surface area (Å²) in [5.41, 5.74) is 8.08. The van der Waals surface area contributed by atoms with Crippen molar-refractivity contribution < 1.29 is 20.1 Å². The van der Waals surface area contributed by atoms with Crippen LogP contribution in [0.1, 0.15) is 30.1 Å². The van der Waals surface area contributed by atoms with Gasteiger partial charge in [0, 0.05) is 24.2 Å². The van der Waals surface area contributed by atoms with Gasteiger partial charge in [-0.05, 0) is 91.7 Å². The van der Waals surface area contributed by atoms with Gasteiger partial charge in [0.05, 0.1) is 18.7 Å². The maximum absolute atomic E-state index is 11.2. The van der Waals surface area contributed by atoms with Crippen molar-refractivity contribution in [2.75, 3.05) is 26.7 Å². The highest BCUT2D eigenvalue weighted by Gasteiger charge is 2.42. The molecule has 6 rings (SSSR count). The molecule has 5 N–H and O–H groups in total. The maximum atomic E-state index is 11.2. The normalized spacial score (nSPS) is 23.9. The van der Waals surface area contributed by atoms with Gasteiger partial charge in [0.2, 0.25) is 0 Å². The summed E-state index contributed by atoms with van der Waals surface area (Å²) in [5, 5.41) is 30.1. The fraction of sp³-hybridized carbons (Fsp3) is 0.393. The van der Waals surface area contributed by atoms with Crippen molar-refractivity contribution in [1.82, 2.24) is 9.88 Å². The second-order valence-corrected chi connectivity index (χ2v) is 9.34. The molecule has 5 atom stereocenters. The van der Waals surface area contributed by atoms with Crippen molar-refractivity contribution in [2.24, 2.45) is 17.6 Å². The van der Waals surface area contributed by atoms with Crippen molar-refractivity contribution >= 4 is 10.9 Å². The molecule has 3 saturated heterocycles. The number of hydrogen-bond donors (Lipinski definition) is 4. The Balaban J connectivity index is 0.000000221. The number of aliphatic hydroxyl groups is 1. The molecule has 0 amide bonds. The molecule has 0 saturated carbocycles. The first-order valence-corrected chi connectivity index (χ1v) is 12.1. The van der Waals surface area contributed by atoms with Crippen molar-refractivity contribution in [2.45, 2.75) is 31.4 Å². The fourth-order valence-corrected chi connectivity index (χ4v) is 5.34. The summed E-state index contributed by atoms with van der Waals surface area (Å²) in [4.78, 5) is 6.86. The van der Waals surface area contributed by atoms with Gasteiger partial charge in [0.15, 0.2) is 11.5 Å². The third-order valence-corrected chi connectivity index (χ3v) is 7.29. The van der Waals surface area contributed by atoms with Gasteiger partial charge in [-0.1, -0.05) is 12.1 Å². The topological polar surface area (TPSA) is 112 Å². The molecule has 7 heteroatoms. The number of nitrogens with zero attached hydrogens (tertiary/aromatic N) is 2. The Bertz CT molecular complexity index is 1170. The molecule has 3 fully saturated rings. The number of phenolic OH excluding ortho intramolecular Hbond substituents is 2. The van der Waals surface area contributed by atoms with Crippen LogP contribution in [0.25, 0.3) is 10.9 Å². The summed E-state index contributed by atoms with van der Waals surface area (Å²) in [7, 11) is 1.66. The van der Waals surface area contributed by atoms with Crippen LogP contribution < -0.4 is 10.5 Å². The Morgan fingerprint density at radius 3 is 2.69 bits per heavy atom. The van der Waals surface area contributed by atoms with Gasteiger partial charge in [-0.3, -0.25) is 9.88 Å². The van der Waals surface area contributed by atoms with Gasteiger partial charge in [0.1, 0.15) is 5.75 Å². The van der Waals surface area contributed by atoms with Crippen LogP contribution in [0.5, 0.6) is 17.2 Å². The quantitative estimate of drug-likeness (QED) is 0.316. The Hall–Kier alpha value is -3.13. The average Bonchev–Trinajstić information content (AvgIpc) is 2.90. The molecule has 1 aromatic heterocycles. The number of benzene rings is 2. The van der Waals surface area contributed by atoms with E-state index in [0.717, 1.165) is 47.3 Å². The first kappa shape index (κ1) is 25.0. The lowest BCUT2D eigenvalue weighted by molar-refractivity contribution is -0.0444. The number of fused-ring (bicyclic) bond motifs is 4. The largest absolute Gasteiger partial charge is 0.504 e. The third kappa shape index (κ3) is 5.42. The second-order valence-electron chi connectivity index (χ2n) is 9.34. The van der Waals surface area contributed by atoms with E-state index in [2.05, 4.69) is 22.5 Å². The molecule has 7 nitrogen and oxygen atoms in total. The Morgan fingerprint density at radius 2 is 2.03 bits per heavy atom. The minimum atomic E-state index is -0.504. The number of ether oxygens (including phenoxy) is 1. The fourth-order valence-electron chi connectivity index (χ4n) is 5.34. The third-order valence-electron chi connectivity index (χ3n) is 7.29. The van der Waals surface area contributed by atoms with E-state index in [9.17, 15) is 5.11 Å². The van der Waals surface area contributed by atoms with Crippen LogP contribution in [0.2, 0.25) is 0 Å². The maximum Gasteiger partial charge on any atom is 0.157 e. The monoisotopic (exact) mass is 477 g/mol. The highest BCUT2D eigenvalue weighted by atomic mass is 16.5. The standard InChI is InChI=1S/C20H24N2O2.C8H11NO2/c1-3-13-12-22-9-7-14(13)10-19(22)20(23)16-6-8-21-18-5-4-15(24-2)11-17(16)18;9-4-3-6-1-2-7(10)8(11)5-6/h3-6,8,11,13-14,19-20,23H,1,7,9-10,12H2,2H3;1-2,5,10-11H,3-4,9H2/t13-,14-,19-,20+;/m0./s1. The van der Waals surface area contributed by atoms with E-state index >= 15 is 0 Å². The second kappa shape index (κ2) is 11.1. The molecule has 3 aromatic rings. The molecule has 0 aliphatic carbocycles. The minimum absolute atomic E-state index is 0.0871. The summed E-state index contributed by atoms with van der Waals surface area (Å²) in [6.07, 6.45) is 6.34. The van der Waals surface area contributed by atoms with E-state index in [0.29, 0.717) is 24.8 Å². The minimum Gasteiger partial charge on any atom is -0.504 e. The van der Waals surface area contributed by atoms with Crippen LogP contribution >= 0.6 is 0 Å². The van der Waals surface area contributed by atoms with Crippen LogP contribution in [0, 0.1) is 11.8 Å². The predicted octanol–water partition coefficient (Wildman–Crippen LogP) is 3.77. The highest BCUT2D eigenvalue weighted by molar-refractivity contribution is 5.84. The summed E-state index contributed by atoms with van der Waals surface area (Å²) in [5.74, 6) is 1.83. The van der Waals surface area contributed by atoms with Gasteiger partial charge >= 0.3 is 0 Å². The van der Waals surface area contributed by atoms with E-state index in [1.807, 2.05) is 24.3 Å². The van der Waals surface area contributed by atoms with Gasteiger partial charge < -0.3 is 25.8 Å². The van der Waals surface area contributed by atoms with Crippen molar-refractivity contribution in [1.29, 1.82) is 0 Å². The zero-order valence-electron chi connectivity index (χ0n) is 20.2. The van der Waals surface area contributed by atoms with Gasteiger partial charge in [-0.25, -0.2) is 0 Å². The highest BCUT2D eigenvalue weighted by Crippen LogP contribution is 2.42. The van der Waals surface area contributed by atoms with Crippen LogP contribution in [-0.2, 0) is 6.42 Å². The zero-order chi connectivity index (χ0) is 24.9. The summed E-state index contributed by atoms with van der Waals surface area (Å²) in [6, 6.07) is 12.7.